The standard InChI is InChI=1S/C25H26/c1-16(2)24-11-10-23-15-22(9-12-25(23)24)21-8-7-20(14-21)19-6-5-17(3)18(4)13-19/h5-7,9-16,24H,8H2,1-4H3. The Balaban J connectivity index is 1.62. The largest absolute Gasteiger partial charge is 0.0761 e. The summed E-state index contributed by atoms with van der Waals surface area (Å²) in [6, 6.07) is 13.8. The zero-order chi connectivity index (χ0) is 17.6. The normalized spacial score (nSPS) is 18.5. The van der Waals surface area contributed by atoms with Crippen molar-refractivity contribution in [2.45, 2.75) is 40.0 Å². The summed E-state index contributed by atoms with van der Waals surface area (Å²) in [5.41, 5.74) is 11.1. The Labute approximate surface area is 151 Å². The van der Waals surface area contributed by atoms with E-state index in [1.165, 1.54) is 44.5 Å². The lowest BCUT2D eigenvalue weighted by molar-refractivity contribution is 0.584. The van der Waals surface area contributed by atoms with Gasteiger partial charge in [0.05, 0.1) is 0 Å². The number of hydrogen-bond donors (Lipinski definition) is 0. The van der Waals surface area contributed by atoms with Crippen molar-refractivity contribution >= 4 is 17.2 Å². The molecule has 0 nitrogen and oxygen atoms in total. The van der Waals surface area contributed by atoms with E-state index in [-0.39, 0.29) is 0 Å². The Bertz CT molecular complexity index is 919. The van der Waals surface area contributed by atoms with Gasteiger partial charge < -0.3 is 0 Å². The van der Waals surface area contributed by atoms with Gasteiger partial charge in [-0.3, -0.25) is 0 Å². The minimum atomic E-state index is 0.575. The zero-order valence-corrected chi connectivity index (χ0v) is 15.6. The molecule has 0 saturated carbocycles. The summed E-state index contributed by atoms with van der Waals surface area (Å²) in [5.74, 6) is 1.23. The first kappa shape index (κ1) is 16.1. The van der Waals surface area contributed by atoms with Crippen molar-refractivity contribution in [3.63, 3.8) is 0 Å². The second kappa shape index (κ2) is 6.19. The molecule has 2 aromatic carbocycles. The molecule has 126 valence electrons. The van der Waals surface area contributed by atoms with Crippen LogP contribution in [0.1, 0.15) is 59.6 Å². The number of benzene rings is 2. The Morgan fingerprint density at radius 3 is 2.48 bits per heavy atom. The third-order valence-corrected chi connectivity index (χ3v) is 5.73. The Morgan fingerprint density at radius 2 is 1.72 bits per heavy atom. The van der Waals surface area contributed by atoms with E-state index in [9.17, 15) is 0 Å². The van der Waals surface area contributed by atoms with Crippen molar-refractivity contribution in [2.24, 2.45) is 5.92 Å². The Hall–Kier alpha value is -2.34. The van der Waals surface area contributed by atoms with Crippen LogP contribution in [0.4, 0.5) is 0 Å². The smallest absolute Gasteiger partial charge is 0.00502 e. The molecule has 0 fully saturated rings. The molecule has 0 aromatic heterocycles. The number of rotatable bonds is 3. The van der Waals surface area contributed by atoms with Crippen molar-refractivity contribution in [3.05, 3.63) is 88.0 Å². The number of fused-ring (bicyclic) bond motifs is 1. The van der Waals surface area contributed by atoms with Gasteiger partial charge in [-0.05, 0) is 76.8 Å². The van der Waals surface area contributed by atoms with Crippen LogP contribution in [0.25, 0.3) is 17.2 Å². The molecular formula is C25H26. The van der Waals surface area contributed by atoms with Crippen LogP contribution in [-0.4, -0.2) is 0 Å². The van der Waals surface area contributed by atoms with Gasteiger partial charge in [-0.15, -0.1) is 0 Å². The summed E-state index contributed by atoms with van der Waals surface area (Å²) >= 11 is 0. The molecule has 4 rings (SSSR count). The maximum absolute atomic E-state index is 2.37. The van der Waals surface area contributed by atoms with Crippen LogP contribution in [0.2, 0.25) is 0 Å². The fourth-order valence-corrected chi connectivity index (χ4v) is 3.96. The molecule has 0 saturated heterocycles. The summed E-state index contributed by atoms with van der Waals surface area (Å²) in [6.45, 7) is 8.97. The highest BCUT2D eigenvalue weighted by atomic mass is 14.3. The third-order valence-electron chi connectivity index (χ3n) is 5.73. The topological polar surface area (TPSA) is 0 Å². The maximum Gasteiger partial charge on any atom is 0.00502 e. The number of hydrogen-bond acceptors (Lipinski definition) is 0. The summed E-state index contributed by atoms with van der Waals surface area (Å²) in [6.07, 6.45) is 10.4. The molecule has 0 spiro atoms. The summed E-state index contributed by atoms with van der Waals surface area (Å²) in [5, 5.41) is 0. The highest BCUT2D eigenvalue weighted by molar-refractivity contribution is 5.90. The zero-order valence-electron chi connectivity index (χ0n) is 15.6. The predicted molar refractivity (Wildman–Crippen MR) is 110 cm³/mol. The first-order chi connectivity index (χ1) is 12.0. The fraction of sp³-hybridized carbons (Fsp3) is 0.280. The SMILES string of the molecule is Cc1ccc(C2=CCC(c3ccc4c(c3)C=CC4C(C)C)=C2)cc1C. The second-order valence-electron chi connectivity index (χ2n) is 7.80. The lowest BCUT2D eigenvalue weighted by Crippen LogP contribution is -2.01. The van der Waals surface area contributed by atoms with Crippen LogP contribution in [0.15, 0.2) is 54.6 Å². The first-order valence-electron chi connectivity index (χ1n) is 9.34. The average Bonchev–Trinajstić information content (AvgIpc) is 3.23. The molecule has 1 unspecified atom stereocenters. The van der Waals surface area contributed by atoms with Crippen LogP contribution in [0.3, 0.4) is 0 Å². The van der Waals surface area contributed by atoms with E-state index in [4.69, 9.17) is 0 Å². The molecule has 0 heterocycles. The van der Waals surface area contributed by atoms with Crippen molar-refractivity contribution in [1.82, 2.24) is 0 Å². The van der Waals surface area contributed by atoms with E-state index < -0.39 is 0 Å². The maximum atomic E-state index is 2.37. The summed E-state index contributed by atoms with van der Waals surface area (Å²) < 4.78 is 0. The fourth-order valence-electron chi connectivity index (χ4n) is 3.96. The summed E-state index contributed by atoms with van der Waals surface area (Å²) in [7, 11) is 0. The minimum absolute atomic E-state index is 0.575. The lowest BCUT2D eigenvalue weighted by atomic mass is 9.89. The summed E-state index contributed by atoms with van der Waals surface area (Å²) in [4.78, 5) is 0. The van der Waals surface area contributed by atoms with E-state index in [0.717, 1.165) is 6.42 Å². The van der Waals surface area contributed by atoms with Gasteiger partial charge in [0.25, 0.3) is 0 Å². The van der Waals surface area contributed by atoms with Gasteiger partial charge in [0.15, 0.2) is 0 Å². The molecule has 0 bridgehead atoms. The number of allylic oxidation sites excluding steroid dienone is 5. The molecular weight excluding hydrogens is 300 g/mol. The van der Waals surface area contributed by atoms with Crippen molar-refractivity contribution in [3.8, 4) is 0 Å². The van der Waals surface area contributed by atoms with Crippen LogP contribution < -0.4 is 0 Å². The quantitative estimate of drug-likeness (QED) is 0.573. The molecule has 1 atom stereocenters. The highest BCUT2D eigenvalue weighted by Gasteiger charge is 2.21. The highest BCUT2D eigenvalue weighted by Crippen LogP contribution is 2.39. The molecule has 0 heteroatoms. The average molecular weight is 326 g/mol. The van der Waals surface area contributed by atoms with Gasteiger partial charge in [-0.1, -0.05) is 68.5 Å². The Morgan fingerprint density at radius 1 is 0.920 bits per heavy atom. The van der Waals surface area contributed by atoms with Crippen LogP contribution in [-0.2, 0) is 0 Å². The van der Waals surface area contributed by atoms with Crippen molar-refractivity contribution in [1.29, 1.82) is 0 Å². The molecule has 2 aromatic rings. The molecule has 2 aliphatic carbocycles. The van der Waals surface area contributed by atoms with Crippen LogP contribution >= 0.6 is 0 Å². The monoisotopic (exact) mass is 326 g/mol. The van der Waals surface area contributed by atoms with Gasteiger partial charge in [0.2, 0.25) is 0 Å². The van der Waals surface area contributed by atoms with E-state index >= 15 is 0 Å². The predicted octanol–water partition coefficient (Wildman–Crippen LogP) is 6.94. The first-order valence-corrected chi connectivity index (χ1v) is 9.34. The Kier molecular flexibility index (Phi) is 4.00. The van der Waals surface area contributed by atoms with Gasteiger partial charge in [-0.25, -0.2) is 0 Å². The molecule has 25 heavy (non-hydrogen) atoms. The minimum Gasteiger partial charge on any atom is -0.0761 e. The van der Waals surface area contributed by atoms with Gasteiger partial charge in [0.1, 0.15) is 0 Å². The van der Waals surface area contributed by atoms with E-state index in [1.54, 1.807) is 0 Å². The lowest BCUT2D eigenvalue weighted by Gasteiger charge is -2.15. The van der Waals surface area contributed by atoms with E-state index in [0.29, 0.717) is 11.8 Å². The van der Waals surface area contributed by atoms with Crippen molar-refractivity contribution < 1.29 is 0 Å². The molecule has 0 radical (unpaired) electrons. The van der Waals surface area contributed by atoms with Crippen LogP contribution in [0.5, 0.6) is 0 Å². The third kappa shape index (κ3) is 2.91. The number of aryl methyl sites for hydroxylation is 2. The van der Waals surface area contributed by atoms with Gasteiger partial charge in [0, 0.05) is 5.92 Å². The van der Waals surface area contributed by atoms with Gasteiger partial charge in [-0.2, -0.15) is 0 Å². The molecule has 0 N–H and O–H groups in total. The van der Waals surface area contributed by atoms with Crippen molar-refractivity contribution in [2.75, 3.05) is 0 Å². The van der Waals surface area contributed by atoms with E-state index in [2.05, 4.69) is 88.4 Å². The molecule has 2 aliphatic rings. The van der Waals surface area contributed by atoms with Crippen LogP contribution in [0, 0.1) is 19.8 Å². The van der Waals surface area contributed by atoms with Gasteiger partial charge >= 0.3 is 0 Å². The van der Waals surface area contributed by atoms with E-state index in [1.807, 2.05) is 0 Å². The second-order valence-corrected chi connectivity index (χ2v) is 7.80. The molecule has 0 aliphatic heterocycles. The molecule has 0 amide bonds.